The number of ether oxygens (including phenoxy) is 1. The number of hydrogen-bond acceptors (Lipinski definition) is 5. The van der Waals surface area contributed by atoms with Gasteiger partial charge in [-0.2, -0.15) is 0 Å². The van der Waals surface area contributed by atoms with Crippen LogP contribution >= 0.6 is 12.4 Å². The molecule has 2 aromatic rings. The summed E-state index contributed by atoms with van der Waals surface area (Å²) in [5, 5.41) is 13.1. The van der Waals surface area contributed by atoms with E-state index in [4.69, 9.17) is 10.5 Å². The van der Waals surface area contributed by atoms with Crippen molar-refractivity contribution in [2.24, 2.45) is 5.73 Å². The quantitative estimate of drug-likeness (QED) is 0.123. The molecule has 0 amide bonds. The second kappa shape index (κ2) is 14.6. The summed E-state index contributed by atoms with van der Waals surface area (Å²) in [7, 11) is 0. The SMILES string of the molecule is Cl.NC(CCCCNCC=[N+](O)Cc1ccccc1)C(=O)OCc1ccccc1. The van der Waals surface area contributed by atoms with Crippen molar-refractivity contribution in [1.29, 1.82) is 0 Å². The highest BCUT2D eigenvalue weighted by Crippen LogP contribution is 2.04. The first kappa shape index (κ1) is 24.6. The van der Waals surface area contributed by atoms with Crippen molar-refractivity contribution in [1.82, 2.24) is 5.32 Å². The van der Waals surface area contributed by atoms with Crippen LogP contribution in [-0.2, 0) is 22.7 Å². The van der Waals surface area contributed by atoms with Gasteiger partial charge in [-0.05, 0) is 29.7 Å². The van der Waals surface area contributed by atoms with Crippen LogP contribution in [0.2, 0.25) is 0 Å². The van der Waals surface area contributed by atoms with E-state index in [-0.39, 0.29) is 25.0 Å². The molecular weight excluding hydrogens is 390 g/mol. The lowest BCUT2D eigenvalue weighted by Gasteiger charge is -2.11. The molecule has 7 heteroatoms. The molecule has 4 N–H and O–H groups in total. The predicted octanol–water partition coefficient (Wildman–Crippen LogP) is 2.91. The van der Waals surface area contributed by atoms with Gasteiger partial charge in [0.2, 0.25) is 12.8 Å². The van der Waals surface area contributed by atoms with Crippen LogP contribution in [0.25, 0.3) is 0 Å². The van der Waals surface area contributed by atoms with Gasteiger partial charge in [0.25, 0.3) is 0 Å². The number of nitrogens with one attached hydrogen (secondary N) is 1. The molecule has 2 rings (SSSR count). The normalized spacial score (nSPS) is 12.1. The van der Waals surface area contributed by atoms with Crippen molar-refractivity contribution < 1.29 is 19.5 Å². The topological polar surface area (TPSA) is 87.6 Å². The predicted molar refractivity (Wildman–Crippen MR) is 116 cm³/mol. The van der Waals surface area contributed by atoms with Gasteiger partial charge < -0.3 is 15.8 Å². The number of hydroxylamine groups is 1. The third-order valence-corrected chi connectivity index (χ3v) is 4.28. The maximum atomic E-state index is 11.9. The molecule has 2 aromatic carbocycles. The molecule has 29 heavy (non-hydrogen) atoms. The lowest BCUT2D eigenvalue weighted by molar-refractivity contribution is -0.784. The van der Waals surface area contributed by atoms with Crippen molar-refractivity contribution >= 4 is 24.6 Å². The molecule has 0 spiro atoms. The maximum absolute atomic E-state index is 11.9. The lowest BCUT2D eigenvalue weighted by Crippen LogP contribution is -2.32. The van der Waals surface area contributed by atoms with Crippen molar-refractivity contribution in [3.63, 3.8) is 0 Å². The van der Waals surface area contributed by atoms with E-state index >= 15 is 0 Å². The van der Waals surface area contributed by atoms with Crippen LogP contribution in [0, 0.1) is 0 Å². The molecule has 0 saturated heterocycles. The van der Waals surface area contributed by atoms with Gasteiger partial charge in [0.1, 0.15) is 12.6 Å². The molecule has 0 aromatic heterocycles. The van der Waals surface area contributed by atoms with Crippen LogP contribution < -0.4 is 11.1 Å². The van der Waals surface area contributed by atoms with Crippen LogP contribution in [0.1, 0.15) is 30.4 Å². The largest absolute Gasteiger partial charge is 0.460 e. The van der Waals surface area contributed by atoms with E-state index in [1.54, 1.807) is 6.21 Å². The lowest BCUT2D eigenvalue weighted by atomic mass is 10.1. The minimum absolute atomic E-state index is 0. The Hall–Kier alpha value is -2.41. The Balaban J connectivity index is 0.00000420. The van der Waals surface area contributed by atoms with Gasteiger partial charge in [-0.25, -0.2) is 0 Å². The Morgan fingerprint density at radius 1 is 1.07 bits per heavy atom. The fourth-order valence-corrected chi connectivity index (χ4v) is 2.67. The summed E-state index contributed by atoms with van der Waals surface area (Å²) < 4.78 is 6.42. The number of unbranched alkanes of at least 4 members (excludes halogenated alkanes) is 1. The van der Waals surface area contributed by atoms with Gasteiger partial charge in [-0.3, -0.25) is 10.0 Å². The average molecular weight is 421 g/mol. The minimum Gasteiger partial charge on any atom is -0.460 e. The molecular formula is C22H31ClN3O3+. The van der Waals surface area contributed by atoms with Crippen molar-refractivity contribution in [3.05, 3.63) is 71.8 Å². The molecule has 1 atom stereocenters. The number of esters is 1. The molecule has 0 saturated carbocycles. The summed E-state index contributed by atoms with van der Waals surface area (Å²) >= 11 is 0. The smallest absolute Gasteiger partial charge is 0.323 e. The highest BCUT2D eigenvalue weighted by atomic mass is 35.5. The number of hydrogen-bond donors (Lipinski definition) is 3. The Bertz CT molecular complexity index is 727. The number of rotatable bonds is 12. The third-order valence-electron chi connectivity index (χ3n) is 4.28. The summed E-state index contributed by atoms with van der Waals surface area (Å²) in [6, 6.07) is 18.8. The van der Waals surface area contributed by atoms with E-state index in [1.165, 1.54) is 4.74 Å². The molecule has 1 unspecified atom stereocenters. The standard InChI is InChI=1S/C22H30N3O3.ClH/c23-21(22(26)28-18-20-11-5-2-6-12-20)13-7-8-14-24-15-16-25(27)17-19-9-3-1-4-10-19;/h1-6,9-12,16,21,24,27H,7-8,13-15,17-18,23H2;1H/q+1;. The number of nitrogens with two attached hydrogens (primary N) is 1. The average Bonchev–Trinajstić information content (AvgIpc) is 2.72. The van der Waals surface area contributed by atoms with Crippen molar-refractivity contribution in [2.75, 3.05) is 13.1 Å². The zero-order valence-corrected chi connectivity index (χ0v) is 17.4. The molecule has 0 bridgehead atoms. The molecule has 0 heterocycles. The van der Waals surface area contributed by atoms with Gasteiger partial charge in [-0.1, -0.05) is 67.1 Å². The van der Waals surface area contributed by atoms with Gasteiger partial charge in [0.05, 0.1) is 6.54 Å². The van der Waals surface area contributed by atoms with E-state index in [0.717, 1.165) is 30.5 Å². The molecule has 0 aliphatic rings. The number of nitrogens with zero attached hydrogens (tertiary/aromatic N) is 1. The maximum Gasteiger partial charge on any atom is 0.323 e. The van der Waals surface area contributed by atoms with E-state index in [2.05, 4.69) is 5.32 Å². The highest BCUT2D eigenvalue weighted by molar-refractivity contribution is 5.85. The van der Waals surface area contributed by atoms with E-state index < -0.39 is 6.04 Å². The van der Waals surface area contributed by atoms with Crippen molar-refractivity contribution in [2.45, 2.75) is 38.5 Å². The van der Waals surface area contributed by atoms with E-state index in [9.17, 15) is 10.0 Å². The fraction of sp³-hybridized carbons (Fsp3) is 0.364. The van der Waals surface area contributed by atoms with E-state index in [1.807, 2.05) is 60.7 Å². The number of benzene rings is 2. The molecule has 0 fully saturated rings. The van der Waals surface area contributed by atoms with Gasteiger partial charge in [0.15, 0.2) is 0 Å². The molecule has 158 valence electrons. The first-order valence-electron chi connectivity index (χ1n) is 9.65. The van der Waals surface area contributed by atoms with Crippen molar-refractivity contribution in [3.8, 4) is 0 Å². The molecule has 6 nitrogen and oxygen atoms in total. The van der Waals surface area contributed by atoms with Gasteiger partial charge in [-0.15, -0.1) is 12.4 Å². The molecule has 0 aliphatic carbocycles. The Morgan fingerprint density at radius 2 is 1.69 bits per heavy atom. The summed E-state index contributed by atoms with van der Waals surface area (Å²) in [6.07, 6.45) is 4.04. The summed E-state index contributed by atoms with van der Waals surface area (Å²) in [5.41, 5.74) is 7.90. The fourth-order valence-electron chi connectivity index (χ4n) is 2.67. The zero-order chi connectivity index (χ0) is 20.0. The van der Waals surface area contributed by atoms with Crippen LogP contribution in [-0.4, -0.2) is 41.3 Å². The van der Waals surface area contributed by atoms with Crippen LogP contribution in [0.4, 0.5) is 0 Å². The Labute approximate surface area is 178 Å². The highest BCUT2D eigenvalue weighted by Gasteiger charge is 2.14. The first-order valence-corrected chi connectivity index (χ1v) is 9.65. The summed E-state index contributed by atoms with van der Waals surface area (Å²) in [5.74, 6) is -0.359. The monoisotopic (exact) mass is 420 g/mol. The molecule has 0 aliphatic heterocycles. The first-order chi connectivity index (χ1) is 13.6. The van der Waals surface area contributed by atoms with Gasteiger partial charge >= 0.3 is 5.97 Å². The number of halogens is 1. The Kier molecular flexibility index (Phi) is 12.4. The van der Waals surface area contributed by atoms with E-state index in [0.29, 0.717) is 19.5 Å². The Morgan fingerprint density at radius 3 is 2.34 bits per heavy atom. The van der Waals surface area contributed by atoms with Crippen LogP contribution in [0.5, 0.6) is 0 Å². The van der Waals surface area contributed by atoms with Gasteiger partial charge in [0, 0.05) is 5.56 Å². The summed E-state index contributed by atoms with van der Waals surface area (Å²) in [6.45, 7) is 2.09. The van der Waals surface area contributed by atoms with Crippen LogP contribution in [0.3, 0.4) is 0 Å². The number of carbonyl (C=O) groups is 1. The second-order valence-electron chi connectivity index (χ2n) is 6.67. The number of carbonyl (C=O) groups excluding carboxylic acids is 1. The second-order valence-corrected chi connectivity index (χ2v) is 6.67. The molecule has 0 radical (unpaired) electrons. The zero-order valence-electron chi connectivity index (χ0n) is 16.6. The summed E-state index contributed by atoms with van der Waals surface area (Å²) in [4.78, 5) is 11.9. The third kappa shape index (κ3) is 10.6. The van der Waals surface area contributed by atoms with Crippen LogP contribution in [0.15, 0.2) is 60.7 Å². The minimum atomic E-state index is -0.589.